The number of benzene rings is 2. The van der Waals surface area contributed by atoms with Gasteiger partial charge >= 0.3 is 0 Å². The average molecular weight is 354 g/mol. The summed E-state index contributed by atoms with van der Waals surface area (Å²) in [6.07, 6.45) is 5.75. The molecule has 2 rings (SSSR count). The van der Waals surface area contributed by atoms with Crippen LogP contribution in [0, 0.1) is 0 Å². The van der Waals surface area contributed by atoms with Crippen molar-refractivity contribution in [3.8, 4) is 0 Å². The first-order valence-electron chi connectivity index (χ1n) is 8.87. The van der Waals surface area contributed by atoms with Gasteiger partial charge in [-0.2, -0.15) is 0 Å². The molecule has 0 amide bonds. The van der Waals surface area contributed by atoms with Crippen LogP contribution in [-0.4, -0.2) is 12.8 Å². The van der Waals surface area contributed by atoms with Crippen molar-refractivity contribution in [2.45, 2.75) is 48.8 Å². The van der Waals surface area contributed by atoms with Crippen LogP contribution in [0.4, 0.5) is 0 Å². The summed E-state index contributed by atoms with van der Waals surface area (Å²) in [7, 11) is 1.60. The van der Waals surface area contributed by atoms with Gasteiger partial charge < -0.3 is 4.84 Å². The van der Waals surface area contributed by atoms with Crippen LogP contribution in [0.5, 0.6) is 0 Å². The molecule has 0 N–H and O–H groups in total. The fraction of sp³-hybridized carbons (Fsp3) is 0.318. The van der Waals surface area contributed by atoms with Crippen molar-refractivity contribution in [3.63, 3.8) is 0 Å². The molecule has 3 heteroatoms. The third kappa shape index (κ3) is 6.43. The second-order valence-electron chi connectivity index (χ2n) is 5.95. The topological polar surface area (TPSA) is 21.6 Å². The Morgan fingerprint density at radius 1 is 0.960 bits per heavy atom. The molecule has 0 heterocycles. The van der Waals surface area contributed by atoms with Crippen LogP contribution in [0.1, 0.15) is 44.6 Å². The predicted molar refractivity (Wildman–Crippen MR) is 109 cm³/mol. The Balaban J connectivity index is 2.01. The fourth-order valence-corrected chi connectivity index (χ4v) is 3.43. The molecule has 0 aliphatic heterocycles. The van der Waals surface area contributed by atoms with Gasteiger partial charge in [0.15, 0.2) is 0 Å². The van der Waals surface area contributed by atoms with Crippen molar-refractivity contribution in [3.05, 3.63) is 66.7 Å². The molecule has 0 saturated carbocycles. The molecule has 25 heavy (non-hydrogen) atoms. The Bertz CT molecular complexity index is 677. The zero-order valence-electron chi connectivity index (χ0n) is 15.2. The van der Waals surface area contributed by atoms with Gasteiger partial charge in [-0.05, 0) is 48.2 Å². The molecule has 0 spiro atoms. The highest BCUT2D eigenvalue weighted by Gasteiger charge is 2.09. The Hall–Kier alpha value is -2.00. The van der Waals surface area contributed by atoms with E-state index in [1.54, 1.807) is 18.9 Å². The van der Waals surface area contributed by atoms with Crippen LogP contribution in [0.3, 0.4) is 0 Å². The van der Waals surface area contributed by atoms with Gasteiger partial charge in [0.05, 0.1) is 5.71 Å². The molecule has 0 unspecified atom stereocenters. The highest BCUT2D eigenvalue weighted by Crippen LogP contribution is 2.29. The van der Waals surface area contributed by atoms with E-state index in [0.29, 0.717) is 0 Å². The van der Waals surface area contributed by atoms with E-state index in [9.17, 15) is 0 Å². The third-order valence-electron chi connectivity index (χ3n) is 4.00. The van der Waals surface area contributed by atoms with E-state index in [4.69, 9.17) is 4.84 Å². The standard InChI is InChI=1S/C22H27NOS/c1-4-5-6-10-13-22(23-24-3)18(2)19-14-16-21(17-15-19)25-20-11-8-7-9-12-20/h7-9,11-12,14-17H,2,4-6,10,13H2,1,3H3/b23-22-. The molecule has 0 saturated heterocycles. The maximum absolute atomic E-state index is 5.03. The maximum atomic E-state index is 5.03. The number of nitrogens with zero attached hydrogens (tertiary/aromatic N) is 1. The van der Waals surface area contributed by atoms with Gasteiger partial charge in [0, 0.05) is 9.79 Å². The van der Waals surface area contributed by atoms with E-state index in [2.05, 4.69) is 67.2 Å². The van der Waals surface area contributed by atoms with Crippen molar-refractivity contribution in [1.82, 2.24) is 0 Å². The Kier molecular flexibility index (Phi) is 8.33. The van der Waals surface area contributed by atoms with Gasteiger partial charge in [0.2, 0.25) is 0 Å². The zero-order valence-corrected chi connectivity index (χ0v) is 16.0. The quantitative estimate of drug-likeness (QED) is 0.265. The van der Waals surface area contributed by atoms with E-state index in [0.717, 1.165) is 29.7 Å². The van der Waals surface area contributed by atoms with Crippen LogP contribution in [-0.2, 0) is 4.84 Å². The minimum atomic E-state index is 0.910. The van der Waals surface area contributed by atoms with E-state index in [-0.39, 0.29) is 0 Å². The van der Waals surface area contributed by atoms with Crippen LogP contribution in [0.2, 0.25) is 0 Å². The second kappa shape index (κ2) is 10.8. The fourth-order valence-electron chi connectivity index (χ4n) is 2.60. The molecule has 2 aromatic rings. The monoisotopic (exact) mass is 353 g/mol. The lowest BCUT2D eigenvalue weighted by Crippen LogP contribution is -2.02. The first-order valence-corrected chi connectivity index (χ1v) is 9.69. The number of hydrogen-bond acceptors (Lipinski definition) is 3. The number of unbranched alkanes of at least 4 members (excludes halogenated alkanes) is 3. The Morgan fingerprint density at radius 2 is 1.64 bits per heavy atom. The lowest BCUT2D eigenvalue weighted by Gasteiger charge is -2.10. The van der Waals surface area contributed by atoms with Gasteiger partial charge in [0.25, 0.3) is 0 Å². The number of allylic oxidation sites excluding steroid dienone is 1. The summed E-state index contributed by atoms with van der Waals surface area (Å²) in [5.41, 5.74) is 3.00. The van der Waals surface area contributed by atoms with E-state index in [1.165, 1.54) is 29.1 Å². The molecule has 132 valence electrons. The van der Waals surface area contributed by atoms with Gasteiger partial charge in [-0.1, -0.05) is 80.0 Å². The van der Waals surface area contributed by atoms with Crippen LogP contribution in [0.15, 0.2) is 76.1 Å². The number of rotatable bonds is 10. The normalized spacial score (nSPS) is 11.4. The minimum Gasteiger partial charge on any atom is -0.399 e. The van der Waals surface area contributed by atoms with E-state index >= 15 is 0 Å². The molecule has 0 aliphatic rings. The summed E-state index contributed by atoms with van der Waals surface area (Å²) < 4.78 is 0. The van der Waals surface area contributed by atoms with Gasteiger partial charge in [-0.15, -0.1) is 0 Å². The molecule has 2 aromatic carbocycles. The van der Waals surface area contributed by atoms with E-state index in [1.807, 2.05) is 6.07 Å². The van der Waals surface area contributed by atoms with E-state index < -0.39 is 0 Å². The SMILES string of the molecule is C=C(/C(CCCCCC)=N\OC)c1ccc(Sc2ccccc2)cc1. The molecule has 0 fully saturated rings. The lowest BCUT2D eigenvalue weighted by molar-refractivity contribution is 0.213. The van der Waals surface area contributed by atoms with Crippen molar-refractivity contribution in [1.29, 1.82) is 0 Å². The first-order chi connectivity index (χ1) is 12.2. The molecular formula is C22H27NOS. The molecule has 0 bridgehead atoms. The molecule has 0 radical (unpaired) electrons. The minimum absolute atomic E-state index is 0.910. The molecule has 0 aromatic heterocycles. The summed E-state index contributed by atoms with van der Waals surface area (Å²) in [5, 5.41) is 4.20. The summed E-state index contributed by atoms with van der Waals surface area (Å²) >= 11 is 1.76. The first kappa shape index (κ1) is 19.3. The summed E-state index contributed by atoms with van der Waals surface area (Å²) in [6, 6.07) is 18.9. The molecule has 0 aliphatic carbocycles. The highest BCUT2D eigenvalue weighted by molar-refractivity contribution is 7.99. The highest BCUT2D eigenvalue weighted by atomic mass is 32.2. The lowest BCUT2D eigenvalue weighted by atomic mass is 9.98. The summed E-state index contributed by atoms with van der Waals surface area (Å²) in [5.74, 6) is 0. The van der Waals surface area contributed by atoms with Crippen molar-refractivity contribution >= 4 is 23.0 Å². The molecule has 2 nitrogen and oxygen atoms in total. The molecule has 0 atom stereocenters. The molecular weight excluding hydrogens is 326 g/mol. The van der Waals surface area contributed by atoms with Gasteiger partial charge in [-0.25, -0.2) is 0 Å². The van der Waals surface area contributed by atoms with Crippen LogP contribution < -0.4 is 0 Å². The largest absolute Gasteiger partial charge is 0.399 e. The number of hydrogen-bond donors (Lipinski definition) is 0. The smallest absolute Gasteiger partial charge is 0.106 e. The van der Waals surface area contributed by atoms with Gasteiger partial charge in [0.1, 0.15) is 7.11 Å². The predicted octanol–water partition coefficient (Wildman–Crippen LogP) is 6.82. The van der Waals surface area contributed by atoms with Crippen molar-refractivity contribution < 1.29 is 4.84 Å². The third-order valence-corrected chi connectivity index (χ3v) is 5.01. The van der Waals surface area contributed by atoms with Crippen LogP contribution >= 0.6 is 11.8 Å². The zero-order chi connectivity index (χ0) is 17.9. The van der Waals surface area contributed by atoms with Crippen molar-refractivity contribution in [2.75, 3.05) is 7.11 Å². The maximum Gasteiger partial charge on any atom is 0.106 e. The average Bonchev–Trinajstić information content (AvgIpc) is 2.65. The summed E-state index contributed by atoms with van der Waals surface area (Å²) in [4.78, 5) is 7.49. The van der Waals surface area contributed by atoms with Gasteiger partial charge in [-0.3, -0.25) is 0 Å². The van der Waals surface area contributed by atoms with Crippen molar-refractivity contribution in [2.24, 2.45) is 5.16 Å². The second-order valence-corrected chi connectivity index (χ2v) is 7.10. The van der Waals surface area contributed by atoms with Crippen LogP contribution in [0.25, 0.3) is 5.57 Å². The Labute approximate surface area is 156 Å². The summed E-state index contributed by atoms with van der Waals surface area (Å²) in [6.45, 7) is 6.46. The number of oxime groups is 1. The Morgan fingerprint density at radius 3 is 2.28 bits per heavy atom.